The summed E-state index contributed by atoms with van der Waals surface area (Å²) in [7, 11) is 0. The first kappa shape index (κ1) is 14.0. The largest absolute Gasteiger partial charge is 0.446 e. The molecule has 0 saturated heterocycles. The van der Waals surface area contributed by atoms with Crippen molar-refractivity contribution in [2.75, 3.05) is 11.9 Å². The van der Waals surface area contributed by atoms with Gasteiger partial charge in [-0.3, -0.25) is 0 Å². The maximum absolute atomic E-state index is 12.1. The Kier molecular flexibility index (Phi) is 4.24. The predicted molar refractivity (Wildman–Crippen MR) is 68.1 cm³/mol. The van der Waals surface area contributed by atoms with E-state index in [9.17, 15) is 18.0 Å². The van der Waals surface area contributed by atoms with Gasteiger partial charge in [0.25, 0.3) is 0 Å². The summed E-state index contributed by atoms with van der Waals surface area (Å²) in [5.41, 5.74) is -3.82. The third-order valence-electron chi connectivity index (χ3n) is 2.59. The fourth-order valence-corrected chi connectivity index (χ4v) is 2.01. The lowest BCUT2D eigenvalue weighted by Crippen LogP contribution is -2.30. The molecular formula is C12H13F3N2OS. The van der Waals surface area contributed by atoms with E-state index in [2.05, 4.69) is 10.6 Å². The third kappa shape index (κ3) is 5.42. The van der Waals surface area contributed by atoms with E-state index in [4.69, 9.17) is 0 Å². The van der Waals surface area contributed by atoms with Gasteiger partial charge in [0.15, 0.2) is 0 Å². The van der Waals surface area contributed by atoms with E-state index < -0.39 is 5.51 Å². The molecule has 1 aromatic carbocycles. The Labute approximate surface area is 112 Å². The predicted octanol–water partition coefficient (Wildman–Crippen LogP) is 3.83. The van der Waals surface area contributed by atoms with Gasteiger partial charge < -0.3 is 10.6 Å². The quantitative estimate of drug-likeness (QED) is 0.827. The third-order valence-corrected chi connectivity index (χ3v) is 3.33. The highest BCUT2D eigenvalue weighted by Crippen LogP contribution is 2.37. The Bertz CT molecular complexity index is 443. The molecule has 1 fully saturated rings. The van der Waals surface area contributed by atoms with Crippen LogP contribution in [-0.2, 0) is 0 Å². The van der Waals surface area contributed by atoms with Crippen LogP contribution in [0.5, 0.6) is 0 Å². The molecule has 1 saturated carbocycles. The normalized spacial score (nSPS) is 15.1. The molecule has 0 aromatic heterocycles. The van der Waals surface area contributed by atoms with Gasteiger partial charge in [0, 0.05) is 17.1 Å². The number of carbonyl (C=O) groups is 1. The monoisotopic (exact) mass is 290 g/mol. The summed E-state index contributed by atoms with van der Waals surface area (Å²) in [5.74, 6) is 0.580. The van der Waals surface area contributed by atoms with Crippen molar-refractivity contribution in [3.63, 3.8) is 0 Å². The molecule has 0 atom stereocenters. The fraction of sp³-hybridized carbons (Fsp3) is 0.417. The number of hydrogen-bond acceptors (Lipinski definition) is 2. The van der Waals surface area contributed by atoms with Crippen LogP contribution in [0.25, 0.3) is 0 Å². The van der Waals surface area contributed by atoms with Crippen molar-refractivity contribution in [3.8, 4) is 0 Å². The molecule has 0 aliphatic heterocycles. The highest BCUT2D eigenvalue weighted by atomic mass is 32.2. The Morgan fingerprint density at radius 2 is 1.89 bits per heavy atom. The molecule has 19 heavy (non-hydrogen) atoms. The second-order valence-electron chi connectivity index (χ2n) is 4.35. The van der Waals surface area contributed by atoms with Crippen molar-refractivity contribution >= 4 is 23.5 Å². The van der Waals surface area contributed by atoms with E-state index in [0.717, 1.165) is 12.8 Å². The number of benzene rings is 1. The van der Waals surface area contributed by atoms with Gasteiger partial charge in [-0.15, -0.1) is 0 Å². The lowest BCUT2D eigenvalue weighted by molar-refractivity contribution is -0.0328. The van der Waals surface area contributed by atoms with Crippen molar-refractivity contribution in [2.45, 2.75) is 23.2 Å². The van der Waals surface area contributed by atoms with E-state index >= 15 is 0 Å². The van der Waals surface area contributed by atoms with Crippen molar-refractivity contribution in [1.29, 1.82) is 0 Å². The molecule has 3 nitrogen and oxygen atoms in total. The molecule has 0 heterocycles. The first-order valence-corrected chi connectivity index (χ1v) is 6.65. The van der Waals surface area contributed by atoms with E-state index in [1.807, 2.05) is 0 Å². The Balaban J connectivity index is 1.81. The lowest BCUT2D eigenvalue weighted by atomic mass is 10.3. The molecule has 0 unspecified atom stereocenters. The number of amides is 2. The number of thioether (sulfide) groups is 1. The zero-order valence-corrected chi connectivity index (χ0v) is 10.8. The van der Waals surface area contributed by atoms with Crippen LogP contribution < -0.4 is 10.6 Å². The molecule has 1 aromatic rings. The fourth-order valence-electron chi connectivity index (χ4n) is 1.47. The summed E-state index contributed by atoms with van der Waals surface area (Å²) in [6, 6.07) is 5.22. The van der Waals surface area contributed by atoms with Crippen LogP contribution in [0.3, 0.4) is 0 Å². The number of nitrogens with one attached hydrogen (secondary N) is 2. The van der Waals surface area contributed by atoms with Crippen LogP contribution in [-0.4, -0.2) is 18.1 Å². The summed E-state index contributed by atoms with van der Waals surface area (Å²) in [5, 5.41) is 5.29. The summed E-state index contributed by atoms with van der Waals surface area (Å²) >= 11 is -0.178. The van der Waals surface area contributed by atoms with E-state index in [1.165, 1.54) is 24.3 Å². The maximum Gasteiger partial charge on any atom is 0.446 e. The van der Waals surface area contributed by atoms with Crippen LogP contribution in [0, 0.1) is 5.92 Å². The molecule has 2 N–H and O–H groups in total. The molecule has 1 aliphatic carbocycles. The summed E-state index contributed by atoms with van der Waals surface area (Å²) in [4.78, 5) is 11.5. The van der Waals surface area contributed by atoms with Gasteiger partial charge in [-0.2, -0.15) is 13.2 Å². The first-order valence-electron chi connectivity index (χ1n) is 5.83. The number of anilines is 1. The van der Waals surface area contributed by atoms with Crippen LogP contribution in [0.4, 0.5) is 23.7 Å². The number of urea groups is 1. The highest BCUT2D eigenvalue weighted by molar-refractivity contribution is 8.00. The topological polar surface area (TPSA) is 41.1 Å². The van der Waals surface area contributed by atoms with Crippen molar-refractivity contribution in [1.82, 2.24) is 5.32 Å². The van der Waals surface area contributed by atoms with Gasteiger partial charge in [0.2, 0.25) is 0 Å². The van der Waals surface area contributed by atoms with Crippen LogP contribution in [0.2, 0.25) is 0 Å². The zero-order chi connectivity index (χ0) is 13.9. The van der Waals surface area contributed by atoms with Crippen LogP contribution >= 0.6 is 11.8 Å². The van der Waals surface area contributed by atoms with Gasteiger partial charge >= 0.3 is 11.5 Å². The van der Waals surface area contributed by atoms with Crippen LogP contribution in [0.1, 0.15) is 12.8 Å². The van der Waals surface area contributed by atoms with Crippen LogP contribution in [0.15, 0.2) is 29.2 Å². The minimum atomic E-state index is -4.30. The molecule has 0 radical (unpaired) electrons. The average molecular weight is 290 g/mol. The number of hydrogen-bond donors (Lipinski definition) is 2. The second kappa shape index (κ2) is 5.73. The molecule has 2 rings (SSSR count). The van der Waals surface area contributed by atoms with Gasteiger partial charge in [-0.25, -0.2) is 4.79 Å². The Hall–Kier alpha value is -1.37. The highest BCUT2D eigenvalue weighted by Gasteiger charge is 2.29. The minimum absolute atomic E-state index is 0.0939. The van der Waals surface area contributed by atoms with E-state index in [-0.39, 0.29) is 22.7 Å². The van der Waals surface area contributed by atoms with Crippen molar-refractivity contribution in [3.05, 3.63) is 24.3 Å². The van der Waals surface area contributed by atoms with Crippen molar-refractivity contribution < 1.29 is 18.0 Å². The zero-order valence-electron chi connectivity index (χ0n) is 9.96. The molecule has 0 spiro atoms. The van der Waals surface area contributed by atoms with Gasteiger partial charge in [-0.1, -0.05) is 0 Å². The smallest absolute Gasteiger partial charge is 0.338 e. The molecule has 1 aliphatic rings. The minimum Gasteiger partial charge on any atom is -0.338 e. The average Bonchev–Trinajstić information content (AvgIpc) is 3.11. The van der Waals surface area contributed by atoms with Gasteiger partial charge in [-0.05, 0) is 54.8 Å². The molecule has 104 valence electrons. The van der Waals surface area contributed by atoms with E-state index in [1.54, 1.807) is 0 Å². The van der Waals surface area contributed by atoms with Gasteiger partial charge in [0.1, 0.15) is 0 Å². The molecule has 0 bridgehead atoms. The summed E-state index contributed by atoms with van der Waals surface area (Å²) in [6.07, 6.45) is 2.29. The number of carbonyl (C=O) groups excluding carboxylic acids is 1. The number of alkyl halides is 3. The maximum atomic E-state index is 12.1. The summed E-state index contributed by atoms with van der Waals surface area (Å²) in [6.45, 7) is 0.647. The van der Waals surface area contributed by atoms with E-state index in [0.29, 0.717) is 18.2 Å². The molecule has 2 amide bonds. The number of halogens is 3. The van der Waals surface area contributed by atoms with Crippen molar-refractivity contribution in [2.24, 2.45) is 5.92 Å². The standard InChI is InChI=1S/C12H13F3N2OS/c13-12(14,15)19-10-5-3-9(4-6-10)17-11(18)16-7-8-1-2-8/h3-6,8H,1-2,7H2,(H2,16,17,18). The molecular weight excluding hydrogens is 277 g/mol. The first-order chi connectivity index (χ1) is 8.92. The number of rotatable bonds is 4. The Morgan fingerprint density at radius 3 is 2.42 bits per heavy atom. The second-order valence-corrected chi connectivity index (χ2v) is 5.49. The van der Waals surface area contributed by atoms with Gasteiger partial charge in [0.05, 0.1) is 0 Å². The molecule has 7 heteroatoms. The Morgan fingerprint density at radius 1 is 1.26 bits per heavy atom. The summed E-state index contributed by atoms with van der Waals surface area (Å²) < 4.78 is 36.4. The lowest BCUT2D eigenvalue weighted by Gasteiger charge is -2.08. The SMILES string of the molecule is O=C(NCC1CC1)Nc1ccc(SC(F)(F)F)cc1.